The summed E-state index contributed by atoms with van der Waals surface area (Å²) in [7, 11) is -3.77. The normalized spacial score (nSPS) is 20.2. The fourth-order valence-electron chi connectivity index (χ4n) is 2.35. The molecule has 106 valence electrons. The summed E-state index contributed by atoms with van der Waals surface area (Å²) >= 11 is 0. The first-order chi connectivity index (χ1) is 8.79. The summed E-state index contributed by atoms with van der Waals surface area (Å²) in [6, 6.07) is 1.29. The van der Waals surface area contributed by atoms with Crippen molar-refractivity contribution < 1.29 is 13.2 Å². The molecule has 1 aromatic rings. The van der Waals surface area contributed by atoms with Crippen LogP contribution in [0.15, 0.2) is 17.2 Å². The van der Waals surface area contributed by atoms with Gasteiger partial charge >= 0.3 is 0 Å². The molecule has 0 bridgehead atoms. The number of nitrogens with two attached hydrogens (primary N) is 1. The van der Waals surface area contributed by atoms with E-state index in [9.17, 15) is 13.2 Å². The maximum Gasteiger partial charge on any atom is 0.270 e. The minimum absolute atomic E-state index is 0.0598. The fourth-order valence-corrected chi connectivity index (χ4v) is 2.85. The van der Waals surface area contributed by atoms with Gasteiger partial charge in [0.2, 0.25) is 10.0 Å². The van der Waals surface area contributed by atoms with Gasteiger partial charge in [0.25, 0.3) is 5.91 Å². The summed E-state index contributed by atoms with van der Waals surface area (Å²) in [5.41, 5.74) is 0.272. The van der Waals surface area contributed by atoms with Gasteiger partial charge in [-0.15, -0.1) is 0 Å². The quantitative estimate of drug-likeness (QED) is 0.859. The molecule has 19 heavy (non-hydrogen) atoms. The van der Waals surface area contributed by atoms with Crippen LogP contribution in [-0.2, 0) is 10.0 Å². The molecule has 2 heterocycles. The Kier molecular flexibility index (Phi) is 3.69. The standard InChI is InChI=1S/C12H19N3O3S/c1-8(2)9-3-4-15(7-9)12(16)11-5-10(6-14-11)19(13,17)18/h5-6,8-9,14H,3-4,7H2,1-2H3,(H2,13,17,18). The van der Waals surface area contributed by atoms with Crippen LogP contribution in [0.4, 0.5) is 0 Å². The number of sulfonamides is 1. The molecule has 0 saturated carbocycles. The van der Waals surface area contributed by atoms with Gasteiger partial charge in [0, 0.05) is 19.3 Å². The highest BCUT2D eigenvalue weighted by Gasteiger charge is 2.29. The first-order valence-electron chi connectivity index (χ1n) is 6.29. The van der Waals surface area contributed by atoms with Gasteiger partial charge in [-0.05, 0) is 24.3 Å². The number of carbonyl (C=O) groups excluding carboxylic acids is 1. The summed E-state index contributed by atoms with van der Waals surface area (Å²) in [6.45, 7) is 5.73. The van der Waals surface area contributed by atoms with Crippen molar-refractivity contribution in [2.24, 2.45) is 17.0 Å². The molecule has 0 spiro atoms. The number of primary sulfonamides is 1. The third-order valence-electron chi connectivity index (χ3n) is 3.67. The van der Waals surface area contributed by atoms with Crippen molar-refractivity contribution >= 4 is 15.9 Å². The van der Waals surface area contributed by atoms with Crippen LogP contribution in [0.1, 0.15) is 30.8 Å². The summed E-state index contributed by atoms with van der Waals surface area (Å²) in [6.07, 6.45) is 2.24. The monoisotopic (exact) mass is 285 g/mol. The first-order valence-corrected chi connectivity index (χ1v) is 7.84. The summed E-state index contributed by atoms with van der Waals surface area (Å²) in [5, 5.41) is 5.01. The van der Waals surface area contributed by atoms with Crippen molar-refractivity contribution in [1.82, 2.24) is 9.88 Å². The third kappa shape index (κ3) is 2.98. The molecular formula is C12H19N3O3S. The SMILES string of the molecule is CC(C)C1CCN(C(=O)c2cc(S(N)(=O)=O)c[nH]2)C1. The van der Waals surface area contributed by atoms with Crippen LogP contribution < -0.4 is 5.14 Å². The number of H-pyrrole nitrogens is 1. The van der Waals surface area contributed by atoms with Gasteiger partial charge in [-0.2, -0.15) is 0 Å². The maximum atomic E-state index is 12.2. The Hall–Kier alpha value is -1.34. The molecule has 1 unspecified atom stereocenters. The van der Waals surface area contributed by atoms with Crippen LogP contribution in [-0.4, -0.2) is 37.3 Å². The van der Waals surface area contributed by atoms with Gasteiger partial charge < -0.3 is 9.88 Å². The lowest BCUT2D eigenvalue weighted by Gasteiger charge is -2.17. The van der Waals surface area contributed by atoms with E-state index in [0.717, 1.165) is 13.0 Å². The first kappa shape index (κ1) is 14.1. The van der Waals surface area contributed by atoms with Crippen LogP contribution in [0.3, 0.4) is 0 Å². The molecule has 1 aromatic heterocycles. The number of hydrogen-bond donors (Lipinski definition) is 2. The molecule has 0 aliphatic carbocycles. The number of rotatable bonds is 3. The van der Waals surface area contributed by atoms with Gasteiger partial charge in [-0.3, -0.25) is 4.79 Å². The highest BCUT2D eigenvalue weighted by molar-refractivity contribution is 7.89. The van der Waals surface area contributed by atoms with Crippen LogP contribution in [0.25, 0.3) is 0 Å². The highest BCUT2D eigenvalue weighted by Crippen LogP contribution is 2.25. The van der Waals surface area contributed by atoms with Crippen LogP contribution >= 0.6 is 0 Å². The average molecular weight is 285 g/mol. The second-order valence-corrected chi connectivity index (χ2v) is 6.90. The zero-order chi connectivity index (χ0) is 14.2. The molecule has 0 radical (unpaired) electrons. The van der Waals surface area contributed by atoms with Gasteiger partial charge in [-0.1, -0.05) is 13.8 Å². The Balaban J connectivity index is 2.11. The summed E-state index contributed by atoms with van der Waals surface area (Å²) in [4.78, 5) is 16.6. The topological polar surface area (TPSA) is 96.3 Å². The number of nitrogens with one attached hydrogen (secondary N) is 1. The number of aromatic amines is 1. The van der Waals surface area contributed by atoms with Crippen molar-refractivity contribution in [2.45, 2.75) is 25.2 Å². The molecule has 1 saturated heterocycles. The molecule has 6 nitrogen and oxygen atoms in total. The number of aromatic nitrogens is 1. The van der Waals surface area contributed by atoms with E-state index in [1.807, 2.05) is 0 Å². The van der Waals surface area contributed by atoms with Gasteiger partial charge in [-0.25, -0.2) is 13.6 Å². The second-order valence-electron chi connectivity index (χ2n) is 5.34. The van der Waals surface area contributed by atoms with Gasteiger partial charge in [0.15, 0.2) is 0 Å². The lowest BCUT2D eigenvalue weighted by molar-refractivity contribution is 0.0779. The molecular weight excluding hydrogens is 266 g/mol. The Labute approximate surface area is 113 Å². The lowest BCUT2D eigenvalue weighted by Crippen LogP contribution is -2.29. The van der Waals surface area contributed by atoms with Gasteiger partial charge in [0.1, 0.15) is 5.69 Å². The van der Waals surface area contributed by atoms with E-state index in [-0.39, 0.29) is 16.5 Å². The highest BCUT2D eigenvalue weighted by atomic mass is 32.2. The average Bonchev–Trinajstić information content (AvgIpc) is 2.97. The zero-order valence-electron chi connectivity index (χ0n) is 11.1. The number of nitrogens with zero attached hydrogens (tertiary/aromatic N) is 1. The molecule has 7 heteroatoms. The predicted octanol–water partition coefficient (Wildman–Crippen LogP) is 0.780. The number of amides is 1. The molecule has 2 rings (SSSR count). The minimum atomic E-state index is -3.77. The number of carbonyl (C=O) groups is 1. The maximum absolute atomic E-state index is 12.2. The van der Waals surface area contributed by atoms with E-state index < -0.39 is 10.0 Å². The van der Waals surface area contributed by atoms with E-state index >= 15 is 0 Å². The Morgan fingerprint density at radius 2 is 2.21 bits per heavy atom. The van der Waals surface area contributed by atoms with Crippen molar-refractivity contribution in [3.63, 3.8) is 0 Å². The molecule has 1 atom stereocenters. The second kappa shape index (κ2) is 4.97. The Morgan fingerprint density at radius 3 is 2.68 bits per heavy atom. The van der Waals surface area contributed by atoms with Crippen LogP contribution in [0.5, 0.6) is 0 Å². The lowest BCUT2D eigenvalue weighted by atomic mass is 9.95. The van der Waals surface area contributed by atoms with Crippen molar-refractivity contribution in [2.75, 3.05) is 13.1 Å². The van der Waals surface area contributed by atoms with Crippen molar-refractivity contribution in [3.8, 4) is 0 Å². The molecule has 1 aliphatic rings. The van der Waals surface area contributed by atoms with E-state index in [2.05, 4.69) is 18.8 Å². The number of hydrogen-bond acceptors (Lipinski definition) is 3. The molecule has 1 fully saturated rings. The van der Waals surface area contributed by atoms with Crippen LogP contribution in [0.2, 0.25) is 0 Å². The fraction of sp³-hybridized carbons (Fsp3) is 0.583. The summed E-state index contributed by atoms with van der Waals surface area (Å²) in [5.74, 6) is 0.885. The predicted molar refractivity (Wildman–Crippen MR) is 71.0 cm³/mol. The molecule has 1 aliphatic heterocycles. The van der Waals surface area contributed by atoms with Gasteiger partial charge in [0.05, 0.1) is 4.90 Å². The van der Waals surface area contributed by atoms with E-state index in [1.165, 1.54) is 12.3 Å². The van der Waals surface area contributed by atoms with E-state index in [4.69, 9.17) is 5.14 Å². The van der Waals surface area contributed by atoms with E-state index in [1.54, 1.807) is 4.90 Å². The number of likely N-dealkylation sites (tertiary alicyclic amines) is 1. The summed E-state index contributed by atoms with van der Waals surface area (Å²) < 4.78 is 22.3. The van der Waals surface area contributed by atoms with E-state index in [0.29, 0.717) is 18.4 Å². The largest absolute Gasteiger partial charge is 0.356 e. The van der Waals surface area contributed by atoms with Crippen molar-refractivity contribution in [3.05, 3.63) is 18.0 Å². The molecule has 1 amide bonds. The minimum Gasteiger partial charge on any atom is -0.356 e. The smallest absolute Gasteiger partial charge is 0.270 e. The molecule has 3 N–H and O–H groups in total. The van der Waals surface area contributed by atoms with Crippen LogP contribution in [0, 0.1) is 11.8 Å². The Morgan fingerprint density at radius 1 is 1.53 bits per heavy atom. The molecule has 0 aromatic carbocycles. The Bertz CT molecular complexity index is 577. The zero-order valence-corrected chi connectivity index (χ0v) is 11.9. The van der Waals surface area contributed by atoms with Crippen molar-refractivity contribution in [1.29, 1.82) is 0 Å². The third-order valence-corrected chi connectivity index (χ3v) is 4.56.